The summed E-state index contributed by atoms with van der Waals surface area (Å²) in [5, 5.41) is 7.96. The van der Waals surface area contributed by atoms with E-state index in [4.69, 9.17) is 16.7 Å². The standard InChI is InChI=1S/C10H19ClN2O2/c1-8-6-12(2)4-3-5-13(8)7-9(11)10(14)15/h8-9H,3-7H2,1-2H3,(H,14,15). The van der Waals surface area contributed by atoms with E-state index in [1.807, 2.05) is 0 Å². The van der Waals surface area contributed by atoms with Gasteiger partial charge in [0, 0.05) is 19.1 Å². The molecule has 0 aliphatic carbocycles. The Morgan fingerprint density at radius 3 is 2.87 bits per heavy atom. The number of rotatable bonds is 3. The van der Waals surface area contributed by atoms with Gasteiger partial charge in [-0.2, -0.15) is 0 Å². The van der Waals surface area contributed by atoms with E-state index in [-0.39, 0.29) is 0 Å². The fraction of sp³-hybridized carbons (Fsp3) is 0.900. The topological polar surface area (TPSA) is 43.8 Å². The summed E-state index contributed by atoms with van der Waals surface area (Å²) in [6.07, 6.45) is 1.07. The first kappa shape index (κ1) is 12.7. The number of alkyl halides is 1. The molecule has 1 saturated heterocycles. The molecule has 0 amide bonds. The highest BCUT2D eigenvalue weighted by Gasteiger charge is 2.24. The van der Waals surface area contributed by atoms with Gasteiger partial charge < -0.3 is 10.0 Å². The molecule has 0 aromatic rings. The minimum atomic E-state index is -0.929. The predicted molar refractivity (Wildman–Crippen MR) is 60.4 cm³/mol. The van der Waals surface area contributed by atoms with Crippen LogP contribution in [0.1, 0.15) is 13.3 Å². The van der Waals surface area contributed by atoms with Crippen LogP contribution in [0.3, 0.4) is 0 Å². The molecule has 0 saturated carbocycles. The van der Waals surface area contributed by atoms with Gasteiger partial charge in [0.2, 0.25) is 0 Å². The molecule has 1 heterocycles. The quantitative estimate of drug-likeness (QED) is 0.731. The molecule has 0 radical (unpaired) electrons. The Balaban J connectivity index is 2.49. The number of hydrogen-bond acceptors (Lipinski definition) is 3. The van der Waals surface area contributed by atoms with Crippen LogP contribution in [-0.2, 0) is 4.79 Å². The van der Waals surface area contributed by atoms with Crippen LogP contribution in [0.2, 0.25) is 0 Å². The zero-order valence-corrected chi connectivity index (χ0v) is 10.1. The van der Waals surface area contributed by atoms with Crippen molar-refractivity contribution in [2.24, 2.45) is 0 Å². The molecule has 88 valence electrons. The van der Waals surface area contributed by atoms with E-state index < -0.39 is 11.3 Å². The molecule has 5 heteroatoms. The Kier molecular flexibility index (Phi) is 4.83. The molecule has 0 aromatic carbocycles. The second-order valence-electron chi connectivity index (χ2n) is 4.27. The third kappa shape index (κ3) is 3.97. The van der Waals surface area contributed by atoms with E-state index >= 15 is 0 Å². The van der Waals surface area contributed by atoms with E-state index in [1.54, 1.807) is 0 Å². The van der Waals surface area contributed by atoms with Crippen LogP contribution in [-0.4, -0.2) is 65.5 Å². The van der Waals surface area contributed by atoms with Gasteiger partial charge in [-0.25, -0.2) is 0 Å². The van der Waals surface area contributed by atoms with E-state index in [1.165, 1.54) is 0 Å². The first-order valence-corrected chi connectivity index (χ1v) is 5.74. The number of aliphatic carboxylic acids is 1. The van der Waals surface area contributed by atoms with Crippen LogP contribution in [0.5, 0.6) is 0 Å². The van der Waals surface area contributed by atoms with E-state index in [0.717, 1.165) is 26.1 Å². The van der Waals surface area contributed by atoms with Gasteiger partial charge in [0.15, 0.2) is 0 Å². The van der Waals surface area contributed by atoms with Crippen LogP contribution in [0, 0.1) is 0 Å². The van der Waals surface area contributed by atoms with Gasteiger partial charge in [0.25, 0.3) is 0 Å². The summed E-state index contributed by atoms with van der Waals surface area (Å²) in [7, 11) is 2.09. The van der Waals surface area contributed by atoms with Gasteiger partial charge in [-0.05, 0) is 33.5 Å². The van der Waals surface area contributed by atoms with Gasteiger partial charge in [-0.1, -0.05) is 0 Å². The van der Waals surface area contributed by atoms with Gasteiger partial charge in [0.1, 0.15) is 5.38 Å². The Morgan fingerprint density at radius 2 is 2.27 bits per heavy atom. The first-order chi connectivity index (χ1) is 7.00. The summed E-state index contributed by atoms with van der Waals surface area (Å²) >= 11 is 5.75. The Labute approximate surface area is 95.8 Å². The molecule has 4 nitrogen and oxygen atoms in total. The lowest BCUT2D eigenvalue weighted by Crippen LogP contribution is -2.42. The zero-order chi connectivity index (χ0) is 11.4. The number of nitrogens with zero attached hydrogens (tertiary/aromatic N) is 2. The summed E-state index contributed by atoms with van der Waals surface area (Å²) in [6, 6.07) is 0.373. The van der Waals surface area contributed by atoms with Crippen LogP contribution in [0.25, 0.3) is 0 Å². The monoisotopic (exact) mass is 234 g/mol. The average molecular weight is 235 g/mol. The van der Waals surface area contributed by atoms with Crippen molar-refractivity contribution in [2.75, 3.05) is 33.2 Å². The summed E-state index contributed by atoms with van der Waals surface area (Å²) in [5.74, 6) is -0.929. The van der Waals surface area contributed by atoms with Crippen molar-refractivity contribution in [1.82, 2.24) is 9.80 Å². The fourth-order valence-electron chi connectivity index (χ4n) is 1.98. The number of carboxylic acid groups (broad SMARTS) is 1. The molecular formula is C10H19ClN2O2. The Morgan fingerprint density at radius 1 is 1.60 bits per heavy atom. The predicted octanol–water partition coefficient (Wildman–Crippen LogP) is 0.704. The minimum absolute atomic E-state index is 0.373. The lowest BCUT2D eigenvalue weighted by molar-refractivity contribution is -0.137. The second-order valence-corrected chi connectivity index (χ2v) is 4.79. The number of carboxylic acids is 1. The molecular weight excluding hydrogens is 216 g/mol. The van der Waals surface area contributed by atoms with Crippen LogP contribution in [0.15, 0.2) is 0 Å². The van der Waals surface area contributed by atoms with Crippen molar-refractivity contribution >= 4 is 17.6 Å². The molecule has 1 N–H and O–H groups in total. The third-order valence-corrected chi connectivity index (χ3v) is 3.17. The average Bonchev–Trinajstić information content (AvgIpc) is 2.28. The number of likely N-dealkylation sites (N-methyl/N-ethyl adjacent to an activating group) is 1. The van der Waals surface area contributed by atoms with Crippen molar-refractivity contribution in [1.29, 1.82) is 0 Å². The lowest BCUT2D eigenvalue weighted by Gasteiger charge is -2.28. The minimum Gasteiger partial charge on any atom is -0.480 e. The highest BCUT2D eigenvalue weighted by atomic mass is 35.5. The molecule has 15 heavy (non-hydrogen) atoms. The maximum absolute atomic E-state index is 10.7. The molecule has 2 atom stereocenters. The highest BCUT2D eigenvalue weighted by molar-refractivity contribution is 6.29. The van der Waals surface area contributed by atoms with Gasteiger partial charge in [-0.15, -0.1) is 11.6 Å². The third-order valence-electron chi connectivity index (χ3n) is 2.85. The van der Waals surface area contributed by atoms with Crippen molar-refractivity contribution in [3.63, 3.8) is 0 Å². The lowest BCUT2D eigenvalue weighted by atomic mass is 10.2. The summed E-state index contributed by atoms with van der Waals surface area (Å²) in [4.78, 5) is 15.1. The van der Waals surface area contributed by atoms with E-state index in [9.17, 15) is 4.79 Å². The molecule has 1 aliphatic heterocycles. The smallest absolute Gasteiger partial charge is 0.322 e. The highest BCUT2D eigenvalue weighted by Crippen LogP contribution is 2.11. The van der Waals surface area contributed by atoms with E-state index in [0.29, 0.717) is 12.6 Å². The molecule has 1 fully saturated rings. The number of hydrogen-bond donors (Lipinski definition) is 1. The van der Waals surface area contributed by atoms with Crippen LogP contribution in [0.4, 0.5) is 0 Å². The summed E-state index contributed by atoms with van der Waals surface area (Å²) < 4.78 is 0. The fourth-order valence-corrected chi connectivity index (χ4v) is 2.15. The van der Waals surface area contributed by atoms with Crippen molar-refractivity contribution in [3.8, 4) is 0 Å². The van der Waals surface area contributed by atoms with Crippen molar-refractivity contribution < 1.29 is 9.90 Å². The molecule has 0 spiro atoms. The Bertz CT molecular complexity index is 225. The molecule has 1 rings (SSSR count). The maximum atomic E-state index is 10.7. The SMILES string of the molecule is CC1CN(C)CCCN1CC(Cl)C(=O)O. The summed E-state index contributed by atoms with van der Waals surface area (Å²) in [6.45, 7) is 5.53. The number of carbonyl (C=O) groups is 1. The molecule has 0 aromatic heterocycles. The second kappa shape index (κ2) is 5.68. The normalized spacial score (nSPS) is 27.3. The van der Waals surface area contributed by atoms with Crippen molar-refractivity contribution in [3.05, 3.63) is 0 Å². The summed E-state index contributed by atoms with van der Waals surface area (Å²) in [5.41, 5.74) is 0. The first-order valence-electron chi connectivity index (χ1n) is 5.30. The van der Waals surface area contributed by atoms with E-state index in [2.05, 4.69) is 23.8 Å². The molecule has 1 aliphatic rings. The van der Waals surface area contributed by atoms with Crippen molar-refractivity contribution in [2.45, 2.75) is 24.8 Å². The maximum Gasteiger partial charge on any atom is 0.322 e. The number of halogens is 1. The molecule has 2 unspecified atom stereocenters. The van der Waals surface area contributed by atoms with Gasteiger partial charge >= 0.3 is 5.97 Å². The van der Waals surface area contributed by atoms with Gasteiger partial charge in [-0.3, -0.25) is 9.69 Å². The van der Waals surface area contributed by atoms with Gasteiger partial charge in [0.05, 0.1) is 0 Å². The van der Waals surface area contributed by atoms with Crippen LogP contribution >= 0.6 is 11.6 Å². The zero-order valence-electron chi connectivity index (χ0n) is 9.32. The molecule has 0 bridgehead atoms. The largest absolute Gasteiger partial charge is 0.480 e. The van der Waals surface area contributed by atoms with Crippen LogP contribution < -0.4 is 0 Å². The Hall–Kier alpha value is -0.320.